The van der Waals surface area contributed by atoms with Crippen molar-refractivity contribution in [2.24, 2.45) is 0 Å². The number of hydrogen-bond donors (Lipinski definition) is 2. The molecule has 0 fully saturated rings. The number of nitrogens with zero attached hydrogens (tertiary/aromatic N) is 1. The van der Waals surface area contributed by atoms with E-state index in [2.05, 4.69) is 15.6 Å². The minimum absolute atomic E-state index is 0.351. The van der Waals surface area contributed by atoms with Gasteiger partial charge in [-0.15, -0.1) is 0 Å². The molecule has 0 aliphatic rings. The van der Waals surface area contributed by atoms with Gasteiger partial charge in [-0.05, 0) is 60.9 Å². The predicted octanol–water partition coefficient (Wildman–Crippen LogP) is 6.05. The molecule has 30 heavy (non-hydrogen) atoms. The van der Waals surface area contributed by atoms with Gasteiger partial charge in [0, 0.05) is 24.9 Å². The summed E-state index contributed by atoms with van der Waals surface area (Å²) >= 11 is 0. The Bertz CT molecular complexity index is 1040. The van der Waals surface area contributed by atoms with Gasteiger partial charge < -0.3 is 20.1 Å². The van der Waals surface area contributed by atoms with E-state index in [4.69, 9.17) is 9.47 Å². The van der Waals surface area contributed by atoms with Crippen LogP contribution in [0, 0.1) is 6.92 Å². The van der Waals surface area contributed by atoms with Crippen LogP contribution in [0.15, 0.2) is 54.7 Å². The van der Waals surface area contributed by atoms with Crippen molar-refractivity contribution >= 4 is 28.6 Å². The topological polar surface area (TPSA) is 55.4 Å². The van der Waals surface area contributed by atoms with Crippen LogP contribution in [0.3, 0.4) is 0 Å². The Labute approximate surface area is 176 Å². The molecular formula is C24H26FN3O2. The van der Waals surface area contributed by atoms with Crippen molar-refractivity contribution in [1.29, 1.82) is 0 Å². The van der Waals surface area contributed by atoms with E-state index in [1.54, 1.807) is 51.5 Å². The summed E-state index contributed by atoms with van der Waals surface area (Å²) < 4.78 is 25.7. The SMILES string of the molecule is CNc1cccc(C)c1Nc1ccc(/C(F)=C(\C)c2cc(OC)cc(OC)c2)cn1. The zero-order valence-corrected chi connectivity index (χ0v) is 17.8. The van der Waals surface area contributed by atoms with Gasteiger partial charge in [0.2, 0.25) is 0 Å². The lowest BCUT2D eigenvalue weighted by Gasteiger charge is -2.14. The number of nitrogens with one attached hydrogen (secondary N) is 2. The van der Waals surface area contributed by atoms with Gasteiger partial charge in [-0.25, -0.2) is 9.37 Å². The van der Waals surface area contributed by atoms with Crippen LogP contribution in [0.1, 0.15) is 23.6 Å². The average Bonchev–Trinajstić information content (AvgIpc) is 2.79. The second-order valence-electron chi connectivity index (χ2n) is 6.84. The summed E-state index contributed by atoms with van der Waals surface area (Å²) in [5.74, 6) is 1.50. The van der Waals surface area contributed by atoms with Crippen LogP contribution >= 0.6 is 0 Å². The molecule has 1 aromatic heterocycles. The molecule has 0 bridgehead atoms. The third-order valence-electron chi connectivity index (χ3n) is 4.93. The van der Waals surface area contributed by atoms with Gasteiger partial charge in [-0.1, -0.05) is 12.1 Å². The molecule has 1 heterocycles. The number of halogens is 1. The second kappa shape index (κ2) is 9.31. The number of anilines is 3. The first-order valence-electron chi connectivity index (χ1n) is 9.57. The van der Waals surface area contributed by atoms with E-state index in [-0.39, 0.29) is 5.83 Å². The van der Waals surface area contributed by atoms with Crippen LogP contribution in [0.25, 0.3) is 11.4 Å². The molecule has 0 spiro atoms. The van der Waals surface area contributed by atoms with E-state index in [0.29, 0.717) is 34.0 Å². The van der Waals surface area contributed by atoms with E-state index in [9.17, 15) is 0 Å². The smallest absolute Gasteiger partial charge is 0.135 e. The number of aromatic nitrogens is 1. The standard InChI is InChI=1S/C24H26FN3O2/c1-15-7-6-8-21(26-3)24(15)28-22-10-9-17(14-27-22)23(25)16(2)18-11-19(29-4)13-20(12-18)30-5/h6-14,26H,1-5H3,(H,27,28)/b23-16-. The van der Waals surface area contributed by atoms with Crippen LogP contribution < -0.4 is 20.1 Å². The lowest BCUT2D eigenvalue weighted by atomic mass is 10.0. The second-order valence-corrected chi connectivity index (χ2v) is 6.84. The molecule has 0 amide bonds. The molecule has 0 atom stereocenters. The molecule has 6 heteroatoms. The zero-order valence-electron chi connectivity index (χ0n) is 17.8. The van der Waals surface area contributed by atoms with Crippen molar-refractivity contribution in [2.75, 3.05) is 31.9 Å². The Morgan fingerprint density at radius 2 is 1.67 bits per heavy atom. The molecule has 3 rings (SSSR count). The molecule has 5 nitrogen and oxygen atoms in total. The average molecular weight is 407 g/mol. The van der Waals surface area contributed by atoms with Gasteiger partial charge in [-0.2, -0.15) is 0 Å². The molecule has 0 saturated heterocycles. The molecular weight excluding hydrogens is 381 g/mol. The zero-order chi connectivity index (χ0) is 21.7. The largest absolute Gasteiger partial charge is 0.497 e. The van der Waals surface area contributed by atoms with Gasteiger partial charge in [0.05, 0.1) is 25.6 Å². The fourth-order valence-electron chi connectivity index (χ4n) is 3.13. The monoisotopic (exact) mass is 407 g/mol. The van der Waals surface area contributed by atoms with E-state index in [1.807, 2.05) is 32.2 Å². The Kier molecular flexibility index (Phi) is 6.57. The molecule has 3 aromatic rings. The lowest BCUT2D eigenvalue weighted by molar-refractivity contribution is 0.394. The normalized spacial score (nSPS) is 11.5. The third-order valence-corrected chi connectivity index (χ3v) is 4.93. The van der Waals surface area contributed by atoms with Crippen LogP contribution in [0.4, 0.5) is 21.6 Å². The summed E-state index contributed by atoms with van der Waals surface area (Å²) in [7, 11) is 5.00. The molecule has 2 aromatic carbocycles. The maximum absolute atomic E-state index is 15.2. The number of ether oxygens (including phenoxy) is 2. The Morgan fingerprint density at radius 1 is 0.967 bits per heavy atom. The maximum Gasteiger partial charge on any atom is 0.135 e. The Balaban J connectivity index is 1.89. The first-order chi connectivity index (χ1) is 14.5. The number of benzene rings is 2. The van der Waals surface area contributed by atoms with E-state index >= 15 is 4.39 Å². The molecule has 0 aliphatic heterocycles. The fourth-order valence-corrected chi connectivity index (χ4v) is 3.13. The van der Waals surface area contributed by atoms with Gasteiger partial charge in [-0.3, -0.25) is 0 Å². The molecule has 2 N–H and O–H groups in total. The van der Waals surface area contributed by atoms with Crippen molar-refractivity contribution in [2.45, 2.75) is 13.8 Å². The van der Waals surface area contributed by atoms with Crippen molar-refractivity contribution < 1.29 is 13.9 Å². The van der Waals surface area contributed by atoms with Gasteiger partial charge in [0.15, 0.2) is 0 Å². The van der Waals surface area contributed by atoms with Gasteiger partial charge >= 0.3 is 0 Å². The number of para-hydroxylation sites is 1. The number of allylic oxidation sites excluding steroid dienone is 1. The summed E-state index contributed by atoms with van der Waals surface area (Å²) in [4.78, 5) is 4.39. The van der Waals surface area contributed by atoms with E-state index < -0.39 is 0 Å². The first kappa shape index (κ1) is 21.2. The van der Waals surface area contributed by atoms with Crippen molar-refractivity contribution in [3.63, 3.8) is 0 Å². The third kappa shape index (κ3) is 4.54. The quantitative estimate of drug-likeness (QED) is 0.499. The molecule has 0 aliphatic carbocycles. The van der Waals surface area contributed by atoms with Crippen molar-refractivity contribution in [3.05, 3.63) is 71.4 Å². The van der Waals surface area contributed by atoms with E-state index in [0.717, 1.165) is 16.9 Å². The van der Waals surface area contributed by atoms with Crippen LogP contribution in [0.2, 0.25) is 0 Å². The minimum Gasteiger partial charge on any atom is -0.497 e. The summed E-state index contributed by atoms with van der Waals surface area (Å²) in [6, 6.07) is 14.8. The molecule has 0 saturated carbocycles. The molecule has 0 radical (unpaired) electrons. The molecule has 0 unspecified atom stereocenters. The first-order valence-corrected chi connectivity index (χ1v) is 9.57. The number of aryl methyl sites for hydroxylation is 1. The number of rotatable bonds is 7. The van der Waals surface area contributed by atoms with Gasteiger partial charge in [0.25, 0.3) is 0 Å². The highest BCUT2D eigenvalue weighted by Crippen LogP contribution is 2.33. The summed E-state index contributed by atoms with van der Waals surface area (Å²) in [6.45, 7) is 3.74. The van der Waals surface area contributed by atoms with Gasteiger partial charge in [0.1, 0.15) is 23.1 Å². The van der Waals surface area contributed by atoms with Crippen molar-refractivity contribution in [1.82, 2.24) is 4.98 Å². The van der Waals surface area contributed by atoms with Crippen molar-refractivity contribution in [3.8, 4) is 11.5 Å². The highest BCUT2D eigenvalue weighted by atomic mass is 19.1. The van der Waals surface area contributed by atoms with Crippen LogP contribution in [-0.4, -0.2) is 26.3 Å². The Hall–Kier alpha value is -3.54. The maximum atomic E-state index is 15.2. The summed E-state index contributed by atoms with van der Waals surface area (Å²) in [6.07, 6.45) is 1.52. The predicted molar refractivity (Wildman–Crippen MR) is 121 cm³/mol. The van der Waals surface area contributed by atoms with Crippen LogP contribution in [0.5, 0.6) is 11.5 Å². The number of pyridine rings is 1. The highest BCUT2D eigenvalue weighted by Gasteiger charge is 2.12. The van der Waals surface area contributed by atoms with E-state index in [1.165, 1.54) is 6.20 Å². The highest BCUT2D eigenvalue weighted by molar-refractivity contribution is 5.87. The summed E-state index contributed by atoms with van der Waals surface area (Å²) in [5, 5.41) is 6.46. The fraction of sp³-hybridized carbons (Fsp3) is 0.208. The minimum atomic E-state index is -0.351. The van der Waals surface area contributed by atoms with Crippen LogP contribution in [-0.2, 0) is 0 Å². The summed E-state index contributed by atoms with van der Waals surface area (Å²) in [5.41, 5.74) is 4.56. The Morgan fingerprint density at radius 3 is 2.23 bits per heavy atom. The number of hydrogen-bond acceptors (Lipinski definition) is 5. The lowest BCUT2D eigenvalue weighted by Crippen LogP contribution is -2.00. The molecule has 156 valence electrons. The number of methoxy groups -OCH3 is 2.